The minimum atomic E-state index is -0.525. The van der Waals surface area contributed by atoms with Crippen molar-refractivity contribution in [3.05, 3.63) is 11.6 Å². The van der Waals surface area contributed by atoms with E-state index in [1.807, 2.05) is 0 Å². The van der Waals surface area contributed by atoms with Gasteiger partial charge in [-0.2, -0.15) is 0 Å². The number of rotatable bonds is 2. The van der Waals surface area contributed by atoms with Crippen LogP contribution in [0.4, 0.5) is 4.79 Å². The second-order valence-corrected chi connectivity index (χ2v) is 5.01. The van der Waals surface area contributed by atoms with Crippen LogP contribution in [0.1, 0.15) is 34.1 Å². The Kier molecular flexibility index (Phi) is 4.15. The summed E-state index contributed by atoms with van der Waals surface area (Å²) in [5.74, 6) is -0.303. The fraction of sp³-hybridized carbons (Fsp3) is 0.667. The summed E-state index contributed by atoms with van der Waals surface area (Å²) in [6, 6.07) is -0.259. The maximum absolute atomic E-state index is 11.4. The van der Waals surface area contributed by atoms with Gasteiger partial charge in [0.25, 0.3) is 0 Å². The van der Waals surface area contributed by atoms with Gasteiger partial charge in [-0.25, -0.2) is 9.59 Å². The number of hydrogen-bond acceptors (Lipinski definition) is 4. The SMILES string of the molecule is CC(/C=C1\CCOC1=O)NC(=O)OC(C)(C)C. The first-order valence-electron chi connectivity index (χ1n) is 5.65. The van der Waals surface area contributed by atoms with Crippen molar-refractivity contribution in [2.75, 3.05) is 6.61 Å². The van der Waals surface area contributed by atoms with Gasteiger partial charge < -0.3 is 14.8 Å². The fourth-order valence-corrected chi connectivity index (χ4v) is 1.44. The van der Waals surface area contributed by atoms with E-state index in [0.29, 0.717) is 18.6 Å². The molecule has 1 heterocycles. The summed E-state index contributed by atoms with van der Waals surface area (Å²) in [5.41, 5.74) is 0.0806. The van der Waals surface area contributed by atoms with Gasteiger partial charge in [-0.1, -0.05) is 6.08 Å². The van der Waals surface area contributed by atoms with Crippen LogP contribution < -0.4 is 5.32 Å². The minimum Gasteiger partial charge on any atom is -0.462 e. The Hall–Kier alpha value is -1.52. The topological polar surface area (TPSA) is 64.6 Å². The molecule has 0 aromatic rings. The lowest BCUT2D eigenvalue weighted by atomic mass is 10.1. The van der Waals surface area contributed by atoms with Crippen molar-refractivity contribution in [2.24, 2.45) is 0 Å². The van der Waals surface area contributed by atoms with Crippen LogP contribution in [-0.2, 0) is 14.3 Å². The second kappa shape index (κ2) is 5.21. The lowest BCUT2D eigenvalue weighted by Gasteiger charge is -2.21. The van der Waals surface area contributed by atoms with Gasteiger partial charge >= 0.3 is 12.1 Å². The molecule has 1 atom stereocenters. The van der Waals surface area contributed by atoms with Crippen LogP contribution in [0.2, 0.25) is 0 Å². The van der Waals surface area contributed by atoms with E-state index < -0.39 is 11.7 Å². The maximum Gasteiger partial charge on any atom is 0.408 e. The zero-order chi connectivity index (χ0) is 13.1. The Morgan fingerprint density at radius 3 is 2.65 bits per heavy atom. The summed E-state index contributed by atoms with van der Waals surface area (Å²) < 4.78 is 9.90. The van der Waals surface area contributed by atoms with Crippen molar-refractivity contribution in [1.29, 1.82) is 0 Å². The van der Waals surface area contributed by atoms with E-state index in [2.05, 4.69) is 5.32 Å². The van der Waals surface area contributed by atoms with E-state index in [-0.39, 0.29) is 12.0 Å². The number of amides is 1. The number of esters is 1. The molecule has 17 heavy (non-hydrogen) atoms. The Labute approximate surface area is 101 Å². The third-order valence-corrected chi connectivity index (χ3v) is 2.06. The summed E-state index contributed by atoms with van der Waals surface area (Å²) >= 11 is 0. The third kappa shape index (κ3) is 4.89. The summed E-state index contributed by atoms with van der Waals surface area (Å²) in [7, 11) is 0. The molecule has 1 rings (SSSR count). The Balaban J connectivity index is 2.47. The van der Waals surface area contributed by atoms with Crippen LogP contribution in [-0.4, -0.2) is 30.3 Å². The Morgan fingerprint density at radius 2 is 2.18 bits per heavy atom. The van der Waals surface area contributed by atoms with Crippen LogP contribution in [0.25, 0.3) is 0 Å². The first-order valence-corrected chi connectivity index (χ1v) is 5.65. The van der Waals surface area contributed by atoms with Gasteiger partial charge in [0.2, 0.25) is 0 Å². The van der Waals surface area contributed by atoms with Crippen LogP contribution in [0.3, 0.4) is 0 Å². The normalized spacial score (nSPS) is 20.0. The molecule has 1 aliphatic heterocycles. The highest BCUT2D eigenvalue weighted by Gasteiger charge is 2.21. The smallest absolute Gasteiger partial charge is 0.408 e. The molecular weight excluding hydrogens is 222 g/mol. The molecule has 5 nitrogen and oxygen atoms in total. The number of hydrogen-bond donors (Lipinski definition) is 1. The van der Waals surface area contributed by atoms with Crippen LogP contribution >= 0.6 is 0 Å². The predicted octanol–water partition coefficient (Wildman–Crippen LogP) is 1.77. The Bertz CT molecular complexity index is 341. The Morgan fingerprint density at radius 1 is 1.53 bits per heavy atom. The highest BCUT2D eigenvalue weighted by molar-refractivity contribution is 5.90. The molecular formula is C12H19NO4. The zero-order valence-electron chi connectivity index (χ0n) is 10.7. The molecule has 1 amide bonds. The summed E-state index contributed by atoms with van der Waals surface area (Å²) in [6.45, 7) is 7.59. The highest BCUT2D eigenvalue weighted by Crippen LogP contribution is 2.13. The van der Waals surface area contributed by atoms with Crippen LogP contribution in [0, 0.1) is 0 Å². The third-order valence-electron chi connectivity index (χ3n) is 2.06. The number of carbonyl (C=O) groups is 2. The molecule has 1 saturated heterocycles. The molecule has 1 aliphatic rings. The van der Waals surface area contributed by atoms with Crippen molar-refractivity contribution in [3.8, 4) is 0 Å². The fourth-order valence-electron chi connectivity index (χ4n) is 1.44. The van der Waals surface area contributed by atoms with Gasteiger partial charge in [0, 0.05) is 18.0 Å². The van der Waals surface area contributed by atoms with E-state index in [4.69, 9.17) is 9.47 Å². The average molecular weight is 241 g/mol. The molecule has 0 radical (unpaired) electrons. The molecule has 0 saturated carbocycles. The number of alkyl carbamates (subject to hydrolysis) is 1. The van der Waals surface area contributed by atoms with Crippen molar-refractivity contribution >= 4 is 12.1 Å². The number of ether oxygens (including phenoxy) is 2. The van der Waals surface area contributed by atoms with Gasteiger partial charge in [-0.3, -0.25) is 0 Å². The van der Waals surface area contributed by atoms with Gasteiger partial charge in [0.1, 0.15) is 5.60 Å². The van der Waals surface area contributed by atoms with E-state index in [9.17, 15) is 9.59 Å². The van der Waals surface area contributed by atoms with Gasteiger partial charge in [0.15, 0.2) is 0 Å². The van der Waals surface area contributed by atoms with Gasteiger partial charge in [-0.15, -0.1) is 0 Å². The van der Waals surface area contributed by atoms with E-state index in [0.717, 1.165) is 0 Å². The molecule has 96 valence electrons. The summed E-state index contributed by atoms with van der Waals surface area (Å²) in [6.07, 6.45) is 1.80. The van der Waals surface area contributed by atoms with Crippen molar-refractivity contribution in [3.63, 3.8) is 0 Å². The lowest BCUT2D eigenvalue weighted by Crippen LogP contribution is -2.37. The lowest BCUT2D eigenvalue weighted by molar-refractivity contribution is -0.135. The average Bonchev–Trinajstić information content (AvgIpc) is 2.47. The summed E-state index contributed by atoms with van der Waals surface area (Å²) in [4.78, 5) is 22.6. The minimum absolute atomic E-state index is 0.259. The maximum atomic E-state index is 11.4. The van der Waals surface area contributed by atoms with E-state index in [1.54, 1.807) is 33.8 Å². The number of nitrogens with one attached hydrogen (secondary N) is 1. The first-order chi connectivity index (χ1) is 7.78. The van der Waals surface area contributed by atoms with Gasteiger partial charge in [-0.05, 0) is 27.7 Å². The van der Waals surface area contributed by atoms with E-state index in [1.165, 1.54) is 0 Å². The molecule has 1 N–H and O–H groups in total. The zero-order valence-corrected chi connectivity index (χ0v) is 10.7. The van der Waals surface area contributed by atoms with Crippen molar-refractivity contribution in [1.82, 2.24) is 5.32 Å². The summed E-state index contributed by atoms with van der Waals surface area (Å²) in [5, 5.41) is 2.64. The highest BCUT2D eigenvalue weighted by atomic mass is 16.6. The van der Waals surface area contributed by atoms with Crippen molar-refractivity contribution < 1.29 is 19.1 Å². The molecule has 0 aliphatic carbocycles. The largest absolute Gasteiger partial charge is 0.462 e. The van der Waals surface area contributed by atoms with Crippen LogP contribution in [0.5, 0.6) is 0 Å². The molecule has 5 heteroatoms. The number of cyclic esters (lactones) is 1. The van der Waals surface area contributed by atoms with Crippen molar-refractivity contribution in [2.45, 2.75) is 45.8 Å². The first kappa shape index (κ1) is 13.5. The number of carbonyl (C=O) groups excluding carboxylic acids is 2. The monoisotopic (exact) mass is 241 g/mol. The predicted molar refractivity (Wildman–Crippen MR) is 62.5 cm³/mol. The molecule has 1 fully saturated rings. The van der Waals surface area contributed by atoms with Crippen LogP contribution in [0.15, 0.2) is 11.6 Å². The van der Waals surface area contributed by atoms with Gasteiger partial charge in [0.05, 0.1) is 6.61 Å². The molecule has 1 unspecified atom stereocenters. The molecule has 0 bridgehead atoms. The molecule has 0 spiro atoms. The molecule has 0 aromatic carbocycles. The standard InChI is InChI=1S/C12H19NO4/c1-8(7-9-5-6-16-10(9)14)13-11(15)17-12(2,3)4/h7-8H,5-6H2,1-4H3,(H,13,15)/b9-7+. The van der Waals surface area contributed by atoms with E-state index >= 15 is 0 Å². The second-order valence-electron chi connectivity index (χ2n) is 5.01. The molecule has 0 aromatic heterocycles. The quantitative estimate of drug-likeness (QED) is 0.591.